The molecule has 0 fully saturated rings. The standard InChI is InChI=1S/C24H20O5/c1-28-19-14-18(26)21(17(25)13-12-15-8-4-2-5-9-15)23-22(19)20(24(27)29-23)16-10-6-3-7-11-16/h2-14,20,24,26-27H,1H3/t20-,24+/m0/s1. The molecular formula is C24H20O5. The number of ketones is 1. The van der Waals surface area contributed by atoms with Crippen molar-refractivity contribution in [3.05, 3.63) is 95.1 Å². The molecule has 0 spiro atoms. The molecule has 0 aliphatic carbocycles. The molecule has 3 aromatic carbocycles. The smallest absolute Gasteiger partial charge is 0.208 e. The summed E-state index contributed by atoms with van der Waals surface area (Å²) in [5.74, 6) is -0.723. The molecule has 146 valence electrons. The van der Waals surface area contributed by atoms with Crippen LogP contribution in [0.2, 0.25) is 0 Å². The Bertz CT molecular complexity index is 1060. The zero-order valence-corrected chi connectivity index (χ0v) is 15.8. The van der Waals surface area contributed by atoms with Crippen LogP contribution in [0.3, 0.4) is 0 Å². The number of benzene rings is 3. The van der Waals surface area contributed by atoms with Gasteiger partial charge < -0.3 is 19.7 Å². The van der Waals surface area contributed by atoms with E-state index in [-0.39, 0.29) is 17.1 Å². The fraction of sp³-hybridized carbons (Fsp3) is 0.125. The number of phenols is 1. The van der Waals surface area contributed by atoms with Crippen molar-refractivity contribution in [3.63, 3.8) is 0 Å². The Balaban J connectivity index is 1.80. The van der Waals surface area contributed by atoms with Crippen molar-refractivity contribution in [2.24, 2.45) is 0 Å². The van der Waals surface area contributed by atoms with Gasteiger partial charge in [-0.1, -0.05) is 66.7 Å². The molecule has 0 aromatic heterocycles. The van der Waals surface area contributed by atoms with Crippen molar-refractivity contribution in [3.8, 4) is 17.2 Å². The van der Waals surface area contributed by atoms with Gasteiger partial charge in [-0.3, -0.25) is 4.79 Å². The molecule has 29 heavy (non-hydrogen) atoms. The molecular weight excluding hydrogens is 368 g/mol. The minimum Gasteiger partial charge on any atom is -0.507 e. The average Bonchev–Trinajstić information content (AvgIpc) is 3.09. The van der Waals surface area contributed by atoms with Crippen molar-refractivity contribution < 1.29 is 24.5 Å². The monoisotopic (exact) mass is 388 g/mol. The summed E-state index contributed by atoms with van der Waals surface area (Å²) < 4.78 is 11.1. The van der Waals surface area contributed by atoms with E-state index in [0.29, 0.717) is 11.3 Å². The summed E-state index contributed by atoms with van der Waals surface area (Å²) in [7, 11) is 1.47. The number of aromatic hydroxyl groups is 1. The van der Waals surface area contributed by atoms with Crippen LogP contribution in [0.15, 0.2) is 72.8 Å². The summed E-state index contributed by atoms with van der Waals surface area (Å²) in [6.07, 6.45) is 1.84. The zero-order chi connectivity index (χ0) is 20.4. The number of carbonyl (C=O) groups excluding carboxylic acids is 1. The first-order valence-corrected chi connectivity index (χ1v) is 9.21. The molecule has 0 saturated carbocycles. The topological polar surface area (TPSA) is 76.0 Å². The predicted molar refractivity (Wildman–Crippen MR) is 109 cm³/mol. The molecule has 1 heterocycles. The van der Waals surface area contributed by atoms with E-state index >= 15 is 0 Å². The van der Waals surface area contributed by atoms with E-state index in [1.165, 1.54) is 19.3 Å². The molecule has 3 aromatic rings. The quantitative estimate of drug-likeness (QED) is 0.508. The Morgan fingerprint density at radius 1 is 1.07 bits per heavy atom. The van der Waals surface area contributed by atoms with E-state index < -0.39 is 18.0 Å². The van der Waals surface area contributed by atoms with E-state index in [2.05, 4.69) is 0 Å². The van der Waals surface area contributed by atoms with Gasteiger partial charge in [0.05, 0.1) is 18.6 Å². The maximum absolute atomic E-state index is 12.9. The van der Waals surface area contributed by atoms with Crippen LogP contribution in [-0.2, 0) is 0 Å². The van der Waals surface area contributed by atoms with Gasteiger partial charge in [0.15, 0.2) is 5.78 Å². The van der Waals surface area contributed by atoms with Crippen LogP contribution in [0, 0.1) is 0 Å². The number of ether oxygens (including phenoxy) is 2. The summed E-state index contributed by atoms with van der Waals surface area (Å²) in [4.78, 5) is 12.9. The Kier molecular flexibility index (Phi) is 5.06. The van der Waals surface area contributed by atoms with Gasteiger partial charge in [0.1, 0.15) is 22.8 Å². The van der Waals surface area contributed by atoms with Crippen LogP contribution in [0.5, 0.6) is 17.2 Å². The third kappa shape index (κ3) is 3.48. The highest BCUT2D eigenvalue weighted by Gasteiger charge is 2.40. The van der Waals surface area contributed by atoms with Gasteiger partial charge >= 0.3 is 0 Å². The van der Waals surface area contributed by atoms with Gasteiger partial charge in [-0.05, 0) is 17.2 Å². The van der Waals surface area contributed by atoms with Crippen LogP contribution in [0.4, 0.5) is 0 Å². The van der Waals surface area contributed by atoms with Gasteiger partial charge in [-0.2, -0.15) is 0 Å². The highest BCUT2D eigenvalue weighted by atomic mass is 16.6. The first kappa shape index (κ1) is 18.8. The Morgan fingerprint density at radius 3 is 2.38 bits per heavy atom. The number of carbonyl (C=O) groups is 1. The lowest BCUT2D eigenvalue weighted by atomic mass is 9.89. The Hall–Kier alpha value is -3.57. The SMILES string of the molecule is COc1cc(O)c(C(=O)C=Cc2ccccc2)c2c1[C@H](c1ccccc1)[C@H](O)O2. The normalized spacial score (nSPS) is 17.7. The van der Waals surface area contributed by atoms with Crippen molar-refractivity contribution in [2.75, 3.05) is 7.11 Å². The molecule has 0 amide bonds. The number of phenolic OH excluding ortho intramolecular Hbond substituents is 1. The maximum atomic E-state index is 12.9. The van der Waals surface area contributed by atoms with Gasteiger partial charge in [0.25, 0.3) is 0 Å². The third-order valence-electron chi connectivity index (χ3n) is 4.95. The lowest BCUT2D eigenvalue weighted by Gasteiger charge is -2.16. The lowest BCUT2D eigenvalue weighted by molar-refractivity contribution is -0.0101. The van der Waals surface area contributed by atoms with Crippen molar-refractivity contribution in [2.45, 2.75) is 12.2 Å². The number of hydrogen-bond donors (Lipinski definition) is 2. The second kappa shape index (κ2) is 7.81. The molecule has 1 aliphatic rings. The van der Waals surface area contributed by atoms with Gasteiger partial charge in [-0.15, -0.1) is 0 Å². The molecule has 2 atom stereocenters. The first-order chi connectivity index (χ1) is 14.1. The summed E-state index contributed by atoms with van der Waals surface area (Å²) >= 11 is 0. The summed E-state index contributed by atoms with van der Waals surface area (Å²) in [6.45, 7) is 0. The zero-order valence-electron chi connectivity index (χ0n) is 15.8. The fourth-order valence-electron chi connectivity index (χ4n) is 3.60. The minimum atomic E-state index is -1.20. The molecule has 1 aliphatic heterocycles. The third-order valence-corrected chi connectivity index (χ3v) is 4.95. The number of hydrogen-bond acceptors (Lipinski definition) is 5. The number of aliphatic hydroxyl groups excluding tert-OH is 1. The molecule has 0 bridgehead atoms. The van der Waals surface area contributed by atoms with E-state index in [4.69, 9.17) is 9.47 Å². The summed E-state index contributed by atoms with van der Waals surface area (Å²) in [5, 5.41) is 21.1. The minimum absolute atomic E-state index is 0.00506. The van der Waals surface area contributed by atoms with Crippen molar-refractivity contribution in [1.29, 1.82) is 0 Å². The Morgan fingerprint density at radius 2 is 1.72 bits per heavy atom. The highest BCUT2D eigenvalue weighted by Crippen LogP contribution is 2.51. The Labute approximate surface area is 168 Å². The maximum Gasteiger partial charge on any atom is 0.208 e. The number of fused-ring (bicyclic) bond motifs is 1. The van der Waals surface area contributed by atoms with E-state index in [9.17, 15) is 15.0 Å². The van der Waals surface area contributed by atoms with Crippen LogP contribution in [0.1, 0.15) is 33.0 Å². The van der Waals surface area contributed by atoms with Gasteiger partial charge in [0.2, 0.25) is 6.29 Å². The van der Waals surface area contributed by atoms with E-state index in [0.717, 1.165) is 11.1 Å². The average molecular weight is 388 g/mol. The second-order valence-electron chi connectivity index (χ2n) is 6.72. The van der Waals surface area contributed by atoms with Crippen LogP contribution >= 0.6 is 0 Å². The number of aliphatic hydroxyl groups is 1. The highest BCUT2D eigenvalue weighted by molar-refractivity contribution is 6.11. The molecule has 4 rings (SSSR count). The molecule has 0 radical (unpaired) electrons. The van der Waals surface area contributed by atoms with Crippen molar-refractivity contribution in [1.82, 2.24) is 0 Å². The summed E-state index contributed by atoms with van der Waals surface area (Å²) in [6, 6.07) is 20.1. The van der Waals surface area contributed by atoms with Crippen LogP contribution in [0.25, 0.3) is 6.08 Å². The molecule has 5 heteroatoms. The van der Waals surface area contributed by atoms with Crippen molar-refractivity contribution >= 4 is 11.9 Å². The van der Waals surface area contributed by atoms with E-state index in [1.807, 2.05) is 60.7 Å². The number of allylic oxidation sites excluding steroid dienone is 1. The van der Waals surface area contributed by atoms with Gasteiger partial charge in [-0.25, -0.2) is 0 Å². The molecule has 0 saturated heterocycles. The van der Waals surface area contributed by atoms with E-state index in [1.54, 1.807) is 6.08 Å². The predicted octanol–water partition coefficient (Wildman–Crippen LogP) is 4.14. The summed E-state index contributed by atoms with van der Waals surface area (Å²) in [5.41, 5.74) is 2.22. The molecule has 5 nitrogen and oxygen atoms in total. The lowest BCUT2D eigenvalue weighted by Crippen LogP contribution is -2.18. The van der Waals surface area contributed by atoms with Crippen LogP contribution in [-0.4, -0.2) is 29.4 Å². The van der Waals surface area contributed by atoms with Gasteiger partial charge in [0, 0.05) is 6.07 Å². The molecule has 2 N–H and O–H groups in total. The number of rotatable bonds is 5. The molecule has 0 unspecified atom stereocenters. The fourth-order valence-corrected chi connectivity index (χ4v) is 3.60. The second-order valence-corrected chi connectivity index (χ2v) is 6.72. The van der Waals surface area contributed by atoms with Crippen LogP contribution < -0.4 is 9.47 Å². The number of methoxy groups -OCH3 is 1. The first-order valence-electron chi connectivity index (χ1n) is 9.21. The largest absolute Gasteiger partial charge is 0.507 e.